The highest BCUT2D eigenvalue weighted by atomic mass is 16.5. The maximum atomic E-state index is 12.6. The number of nitrogens with one attached hydrogen (secondary N) is 2. The Balaban J connectivity index is 1.76. The van der Waals surface area contributed by atoms with Gasteiger partial charge in [-0.1, -0.05) is 6.07 Å². The van der Waals surface area contributed by atoms with Gasteiger partial charge in [-0.15, -0.1) is 0 Å². The Morgan fingerprint density at radius 3 is 2.45 bits per heavy atom. The molecule has 0 aliphatic carbocycles. The Morgan fingerprint density at radius 2 is 1.76 bits per heavy atom. The Bertz CT molecular complexity index is 1100. The van der Waals surface area contributed by atoms with E-state index < -0.39 is 5.91 Å². The number of pyridine rings is 1. The van der Waals surface area contributed by atoms with E-state index in [1.165, 1.54) is 25.4 Å². The standard InChI is InChI=1S/C22H18N4O3/c1-14-3-8-20(29-2)18(11-14)26-21(27)16-9-10-24-19(12-16)22(28)25-17-6-4-15(13-23)5-7-17/h3-12H,1-2H3,(H,25,28)(H,26,27). The first kappa shape index (κ1) is 19.6. The zero-order valence-electron chi connectivity index (χ0n) is 15.9. The van der Waals surface area contributed by atoms with Crippen molar-refractivity contribution in [2.75, 3.05) is 17.7 Å². The second kappa shape index (κ2) is 8.67. The molecular weight excluding hydrogens is 368 g/mol. The molecule has 3 aromatic rings. The third kappa shape index (κ3) is 4.76. The van der Waals surface area contributed by atoms with Gasteiger partial charge in [0.1, 0.15) is 11.4 Å². The summed E-state index contributed by atoms with van der Waals surface area (Å²) in [7, 11) is 1.53. The molecule has 0 bridgehead atoms. The summed E-state index contributed by atoms with van der Waals surface area (Å²) >= 11 is 0. The zero-order valence-corrected chi connectivity index (χ0v) is 15.9. The summed E-state index contributed by atoms with van der Waals surface area (Å²) < 4.78 is 5.27. The number of methoxy groups -OCH3 is 1. The number of carbonyl (C=O) groups is 2. The second-order valence-electron chi connectivity index (χ2n) is 6.23. The molecule has 0 unspecified atom stereocenters. The molecule has 0 fully saturated rings. The van der Waals surface area contributed by atoms with Crippen LogP contribution in [-0.4, -0.2) is 23.9 Å². The number of hydrogen-bond acceptors (Lipinski definition) is 5. The Kier molecular flexibility index (Phi) is 5.85. The van der Waals surface area contributed by atoms with Crippen molar-refractivity contribution in [2.45, 2.75) is 6.92 Å². The van der Waals surface area contributed by atoms with Crippen molar-refractivity contribution in [1.29, 1.82) is 5.26 Å². The molecule has 29 heavy (non-hydrogen) atoms. The first-order chi connectivity index (χ1) is 14.0. The van der Waals surface area contributed by atoms with Gasteiger partial charge in [-0.2, -0.15) is 5.26 Å². The van der Waals surface area contributed by atoms with E-state index in [1.54, 1.807) is 36.4 Å². The Morgan fingerprint density at radius 1 is 1.00 bits per heavy atom. The van der Waals surface area contributed by atoms with Crippen molar-refractivity contribution in [3.05, 3.63) is 83.2 Å². The van der Waals surface area contributed by atoms with Crippen LogP contribution in [0.4, 0.5) is 11.4 Å². The van der Waals surface area contributed by atoms with Gasteiger partial charge in [0.25, 0.3) is 11.8 Å². The van der Waals surface area contributed by atoms with Gasteiger partial charge in [0.2, 0.25) is 0 Å². The van der Waals surface area contributed by atoms with Crippen LogP contribution in [0.15, 0.2) is 60.8 Å². The van der Waals surface area contributed by atoms with Crippen molar-refractivity contribution in [1.82, 2.24) is 4.98 Å². The molecule has 7 nitrogen and oxygen atoms in total. The van der Waals surface area contributed by atoms with Gasteiger partial charge >= 0.3 is 0 Å². The van der Waals surface area contributed by atoms with Crippen molar-refractivity contribution in [2.24, 2.45) is 0 Å². The summed E-state index contributed by atoms with van der Waals surface area (Å²) in [6, 6.07) is 16.8. The number of aryl methyl sites for hydroxylation is 1. The quantitative estimate of drug-likeness (QED) is 0.694. The Hall–Kier alpha value is -4.18. The van der Waals surface area contributed by atoms with Gasteiger partial charge in [-0.25, -0.2) is 0 Å². The molecule has 0 saturated carbocycles. The molecule has 1 heterocycles. The van der Waals surface area contributed by atoms with Gasteiger partial charge in [0, 0.05) is 17.4 Å². The molecule has 144 valence electrons. The lowest BCUT2D eigenvalue weighted by atomic mass is 10.1. The second-order valence-corrected chi connectivity index (χ2v) is 6.23. The topological polar surface area (TPSA) is 104 Å². The molecule has 0 spiro atoms. The van der Waals surface area contributed by atoms with Crippen molar-refractivity contribution < 1.29 is 14.3 Å². The fourth-order valence-electron chi connectivity index (χ4n) is 2.63. The third-order valence-electron chi connectivity index (χ3n) is 4.13. The predicted octanol–water partition coefficient (Wildman–Crippen LogP) is 3.77. The molecule has 0 radical (unpaired) electrons. The molecule has 0 saturated heterocycles. The summed E-state index contributed by atoms with van der Waals surface area (Å²) in [5.74, 6) is -0.307. The van der Waals surface area contributed by atoms with Crippen LogP contribution in [-0.2, 0) is 0 Å². The maximum absolute atomic E-state index is 12.6. The minimum absolute atomic E-state index is 0.0956. The van der Waals surface area contributed by atoms with Gasteiger partial charge < -0.3 is 15.4 Å². The van der Waals surface area contributed by atoms with E-state index in [4.69, 9.17) is 10.00 Å². The summed E-state index contributed by atoms with van der Waals surface area (Å²) in [5, 5.41) is 14.3. The van der Waals surface area contributed by atoms with E-state index in [2.05, 4.69) is 15.6 Å². The predicted molar refractivity (Wildman–Crippen MR) is 109 cm³/mol. The number of ether oxygens (including phenoxy) is 1. The fourth-order valence-corrected chi connectivity index (χ4v) is 2.63. The molecule has 2 aromatic carbocycles. The van der Waals surface area contributed by atoms with Crippen molar-refractivity contribution >= 4 is 23.2 Å². The van der Waals surface area contributed by atoms with Crippen LogP contribution in [0.3, 0.4) is 0 Å². The molecule has 7 heteroatoms. The highest BCUT2D eigenvalue weighted by molar-refractivity contribution is 6.08. The van der Waals surface area contributed by atoms with E-state index in [1.807, 2.05) is 19.1 Å². The molecule has 0 aliphatic heterocycles. The monoisotopic (exact) mass is 386 g/mol. The Labute approximate surface area is 168 Å². The van der Waals surface area contributed by atoms with Crippen LogP contribution in [0.25, 0.3) is 0 Å². The fraction of sp³-hybridized carbons (Fsp3) is 0.0909. The number of nitrogens with zero attached hydrogens (tertiary/aromatic N) is 2. The van der Waals surface area contributed by atoms with Gasteiger partial charge in [-0.3, -0.25) is 14.6 Å². The highest BCUT2D eigenvalue weighted by Gasteiger charge is 2.14. The first-order valence-corrected chi connectivity index (χ1v) is 8.73. The van der Waals surface area contributed by atoms with Crippen LogP contribution in [0, 0.1) is 18.3 Å². The number of anilines is 2. The molecule has 0 atom stereocenters. The number of benzene rings is 2. The largest absolute Gasteiger partial charge is 0.495 e. The van der Waals surface area contributed by atoms with E-state index in [-0.39, 0.29) is 17.2 Å². The lowest BCUT2D eigenvalue weighted by Crippen LogP contribution is -2.17. The number of hydrogen-bond donors (Lipinski definition) is 2. The smallest absolute Gasteiger partial charge is 0.274 e. The van der Waals surface area contributed by atoms with Gasteiger partial charge in [-0.05, 0) is 61.0 Å². The summed E-state index contributed by atoms with van der Waals surface area (Å²) in [5.41, 5.74) is 2.91. The van der Waals surface area contributed by atoms with Crippen LogP contribution >= 0.6 is 0 Å². The molecule has 2 amide bonds. The van der Waals surface area contributed by atoms with Gasteiger partial charge in [0.05, 0.1) is 24.4 Å². The van der Waals surface area contributed by atoms with E-state index in [9.17, 15) is 9.59 Å². The molecular formula is C22H18N4O3. The SMILES string of the molecule is COc1ccc(C)cc1NC(=O)c1ccnc(C(=O)Nc2ccc(C#N)cc2)c1. The van der Waals surface area contributed by atoms with Crippen LogP contribution in [0.5, 0.6) is 5.75 Å². The normalized spacial score (nSPS) is 9.97. The van der Waals surface area contributed by atoms with Crippen LogP contribution in [0.1, 0.15) is 32.0 Å². The highest BCUT2D eigenvalue weighted by Crippen LogP contribution is 2.25. The average molecular weight is 386 g/mol. The van der Waals surface area contributed by atoms with Crippen molar-refractivity contribution in [3.63, 3.8) is 0 Å². The molecule has 0 aliphatic rings. The number of amides is 2. The number of nitriles is 1. The zero-order chi connectivity index (χ0) is 20.8. The summed E-state index contributed by atoms with van der Waals surface area (Å²) in [6.45, 7) is 1.91. The number of rotatable bonds is 5. The van der Waals surface area contributed by atoms with E-state index in [0.717, 1.165) is 5.56 Å². The lowest BCUT2D eigenvalue weighted by molar-refractivity contribution is 0.102. The van der Waals surface area contributed by atoms with Crippen molar-refractivity contribution in [3.8, 4) is 11.8 Å². The number of aromatic nitrogens is 1. The minimum atomic E-state index is -0.461. The van der Waals surface area contributed by atoms with Crippen LogP contribution in [0.2, 0.25) is 0 Å². The first-order valence-electron chi connectivity index (χ1n) is 8.73. The molecule has 1 aromatic heterocycles. The molecule has 3 rings (SSSR count). The minimum Gasteiger partial charge on any atom is -0.495 e. The number of carbonyl (C=O) groups excluding carboxylic acids is 2. The summed E-state index contributed by atoms with van der Waals surface area (Å²) in [4.78, 5) is 29.1. The average Bonchev–Trinajstić information content (AvgIpc) is 2.74. The third-order valence-corrected chi connectivity index (χ3v) is 4.13. The van der Waals surface area contributed by atoms with Crippen LogP contribution < -0.4 is 15.4 Å². The van der Waals surface area contributed by atoms with Gasteiger partial charge in [0.15, 0.2) is 0 Å². The van der Waals surface area contributed by atoms with E-state index in [0.29, 0.717) is 22.7 Å². The maximum Gasteiger partial charge on any atom is 0.274 e. The summed E-state index contributed by atoms with van der Waals surface area (Å²) in [6.07, 6.45) is 1.40. The lowest BCUT2D eigenvalue weighted by Gasteiger charge is -2.11. The molecule has 2 N–H and O–H groups in total. The van der Waals surface area contributed by atoms with E-state index >= 15 is 0 Å².